The molecule has 0 aromatic heterocycles. The van der Waals surface area contributed by atoms with Gasteiger partial charge in [-0.15, -0.1) is 0 Å². The maximum atomic E-state index is 11.6. The quantitative estimate of drug-likeness (QED) is 0.795. The van der Waals surface area contributed by atoms with E-state index in [1.165, 1.54) is 0 Å². The molecule has 0 fully saturated rings. The van der Waals surface area contributed by atoms with Crippen molar-refractivity contribution < 1.29 is 9.53 Å². The highest BCUT2D eigenvalue weighted by atomic mass is 16.5. The Morgan fingerprint density at radius 2 is 1.89 bits per heavy atom. The van der Waals surface area contributed by atoms with Gasteiger partial charge in [-0.1, -0.05) is 12.1 Å². The van der Waals surface area contributed by atoms with Crippen molar-refractivity contribution >= 4 is 11.6 Å². The fourth-order valence-corrected chi connectivity index (χ4v) is 1.53. The van der Waals surface area contributed by atoms with E-state index < -0.39 is 0 Å². The molecule has 0 bridgehead atoms. The zero-order valence-corrected chi connectivity index (χ0v) is 12.0. The first kappa shape index (κ1) is 15.7. The fourth-order valence-electron chi connectivity index (χ4n) is 1.53. The zero-order chi connectivity index (χ0) is 14.3. The number of ether oxygens (including phenoxy) is 1. The van der Waals surface area contributed by atoms with Gasteiger partial charge < -0.3 is 15.8 Å². The molecule has 4 heteroatoms. The lowest BCUT2D eigenvalue weighted by Crippen LogP contribution is -2.19. The Bertz CT molecular complexity index is 386. The molecule has 0 aliphatic rings. The Labute approximate surface area is 115 Å². The van der Waals surface area contributed by atoms with Crippen LogP contribution in [0.5, 0.6) is 0 Å². The summed E-state index contributed by atoms with van der Waals surface area (Å²) in [5, 5.41) is 2.85. The normalized spacial score (nSPS) is 12.5. The Morgan fingerprint density at radius 1 is 1.26 bits per heavy atom. The van der Waals surface area contributed by atoms with E-state index >= 15 is 0 Å². The highest BCUT2D eigenvalue weighted by molar-refractivity contribution is 5.90. The Morgan fingerprint density at radius 3 is 2.42 bits per heavy atom. The summed E-state index contributed by atoms with van der Waals surface area (Å²) in [7, 11) is 0. The summed E-state index contributed by atoms with van der Waals surface area (Å²) in [6, 6.07) is 7.76. The van der Waals surface area contributed by atoms with Gasteiger partial charge in [0.05, 0.1) is 12.7 Å². The lowest BCUT2D eigenvalue weighted by Gasteiger charge is -2.09. The highest BCUT2D eigenvalue weighted by Gasteiger charge is 2.04. The van der Waals surface area contributed by atoms with Gasteiger partial charge in [-0.25, -0.2) is 0 Å². The van der Waals surface area contributed by atoms with Gasteiger partial charge in [-0.3, -0.25) is 4.79 Å². The molecule has 1 amide bonds. The van der Waals surface area contributed by atoms with Gasteiger partial charge in [-0.05, 0) is 44.9 Å². The number of carbonyl (C=O) groups is 1. The number of nitrogens with one attached hydrogen (secondary N) is 1. The summed E-state index contributed by atoms with van der Waals surface area (Å²) < 4.78 is 5.51. The first-order valence-electron chi connectivity index (χ1n) is 6.73. The molecule has 0 aliphatic carbocycles. The van der Waals surface area contributed by atoms with Crippen molar-refractivity contribution in [1.29, 1.82) is 0 Å². The molecular weight excluding hydrogens is 240 g/mol. The minimum Gasteiger partial charge on any atom is -0.374 e. The van der Waals surface area contributed by atoms with Crippen molar-refractivity contribution in [2.45, 2.75) is 52.4 Å². The van der Waals surface area contributed by atoms with Crippen LogP contribution in [0.3, 0.4) is 0 Å². The van der Waals surface area contributed by atoms with Gasteiger partial charge in [0, 0.05) is 18.2 Å². The smallest absolute Gasteiger partial charge is 0.224 e. The predicted octanol–water partition coefficient (Wildman–Crippen LogP) is 2.68. The SMILES string of the molecule is CC(N)CCC(=O)Nc1ccc(COC(C)C)cc1. The molecule has 0 saturated heterocycles. The predicted molar refractivity (Wildman–Crippen MR) is 77.9 cm³/mol. The van der Waals surface area contributed by atoms with Crippen LogP contribution in [0.1, 0.15) is 39.2 Å². The van der Waals surface area contributed by atoms with E-state index in [2.05, 4.69) is 5.32 Å². The minimum absolute atomic E-state index is 0.00322. The second kappa shape index (κ2) is 7.92. The van der Waals surface area contributed by atoms with Crippen LogP contribution in [0.2, 0.25) is 0 Å². The van der Waals surface area contributed by atoms with Crippen LogP contribution < -0.4 is 11.1 Å². The van der Waals surface area contributed by atoms with Crippen molar-refractivity contribution in [2.24, 2.45) is 5.73 Å². The Kier molecular flexibility index (Phi) is 6.53. The van der Waals surface area contributed by atoms with Crippen LogP contribution in [0, 0.1) is 0 Å². The third-order valence-electron chi connectivity index (χ3n) is 2.65. The third kappa shape index (κ3) is 6.94. The second-order valence-corrected chi connectivity index (χ2v) is 5.12. The molecule has 0 radical (unpaired) electrons. The number of hydrogen-bond donors (Lipinski definition) is 2. The second-order valence-electron chi connectivity index (χ2n) is 5.12. The van der Waals surface area contributed by atoms with Crippen molar-refractivity contribution in [2.75, 3.05) is 5.32 Å². The van der Waals surface area contributed by atoms with Crippen LogP contribution in [-0.2, 0) is 16.1 Å². The number of nitrogens with two attached hydrogens (primary N) is 1. The number of amides is 1. The van der Waals surface area contributed by atoms with E-state index in [9.17, 15) is 4.79 Å². The molecule has 0 saturated carbocycles. The maximum absolute atomic E-state index is 11.6. The molecule has 1 aromatic carbocycles. The van der Waals surface area contributed by atoms with Crippen LogP contribution in [0.4, 0.5) is 5.69 Å². The Hall–Kier alpha value is -1.39. The number of carbonyl (C=O) groups excluding carboxylic acids is 1. The van der Waals surface area contributed by atoms with Gasteiger partial charge in [0.25, 0.3) is 0 Å². The van der Waals surface area contributed by atoms with E-state index in [0.29, 0.717) is 19.4 Å². The minimum atomic E-state index is 0.00322. The van der Waals surface area contributed by atoms with E-state index in [-0.39, 0.29) is 18.1 Å². The standard InChI is InChI=1S/C15H24N2O2/c1-11(2)19-10-13-5-7-14(8-6-13)17-15(18)9-4-12(3)16/h5-8,11-12H,4,9-10,16H2,1-3H3,(H,17,18). The molecule has 0 aliphatic heterocycles. The van der Waals surface area contributed by atoms with E-state index in [0.717, 1.165) is 11.3 Å². The van der Waals surface area contributed by atoms with Gasteiger partial charge in [0.2, 0.25) is 5.91 Å². The van der Waals surface area contributed by atoms with E-state index in [1.54, 1.807) is 0 Å². The molecule has 0 heterocycles. The summed E-state index contributed by atoms with van der Waals surface area (Å²) in [5.74, 6) is 0.00322. The lowest BCUT2D eigenvalue weighted by molar-refractivity contribution is -0.116. The van der Waals surface area contributed by atoms with Gasteiger partial charge >= 0.3 is 0 Å². The third-order valence-corrected chi connectivity index (χ3v) is 2.65. The number of hydrogen-bond acceptors (Lipinski definition) is 3. The monoisotopic (exact) mass is 264 g/mol. The summed E-state index contributed by atoms with van der Waals surface area (Å²) in [6.07, 6.45) is 1.37. The average molecular weight is 264 g/mol. The fraction of sp³-hybridized carbons (Fsp3) is 0.533. The van der Waals surface area contributed by atoms with Crippen LogP contribution in [-0.4, -0.2) is 18.1 Å². The van der Waals surface area contributed by atoms with E-state index in [1.807, 2.05) is 45.0 Å². The summed E-state index contributed by atoms with van der Waals surface area (Å²) >= 11 is 0. The average Bonchev–Trinajstić information content (AvgIpc) is 2.35. The first-order valence-corrected chi connectivity index (χ1v) is 6.73. The molecule has 1 unspecified atom stereocenters. The molecule has 106 valence electrons. The topological polar surface area (TPSA) is 64.4 Å². The molecule has 19 heavy (non-hydrogen) atoms. The molecule has 1 rings (SSSR count). The van der Waals surface area contributed by atoms with Crippen molar-refractivity contribution in [1.82, 2.24) is 0 Å². The van der Waals surface area contributed by atoms with Gasteiger partial charge in [-0.2, -0.15) is 0 Å². The number of rotatable bonds is 7. The van der Waals surface area contributed by atoms with Crippen molar-refractivity contribution in [3.8, 4) is 0 Å². The van der Waals surface area contributed by atoms with Crippen LogP contribution >= 0.6 is 0 Å². The molecular formula is C15H24N2O2. The Balaban J connectivity index is 2.41. The zero-order valence-electron chi connectivity index (χ0n) is 12.0. The molecule has 3 N–H and O–H groups in total. The summed E-state index contributed by atoms with van der Waals surface area (Å²) in [4.78, 5) is 11.6. The molecule has 1 aromatic rings. The number of benzene rings is 1. The van der Waals surface area contributed by atoms with Crippen molar-refractivity contribution in [3.05, 3.63) is 29.8 Å². The van der Waals surface area contributed by atoms with E-state index in [4.69, 9.17) is 10.5 Å². The molecule has 4 nitrogen and oxygen atoms in total. The van der Waals surface area contributed by atoms with Crippen LogP contribution in [0.15, 0.2) is 24.3 Å². The lowest BCUT2D eigenvalue weighted by atomic mass is 10.2. The largest absolute Gasteiger partial charge is 0.374 e. The number of anilines is 1. The maximum Gasteiger partial charge on any atom is 0.224 e. The molecule has 0 spiro atoms. The van der Waals surface area contributed by atoms with Crippen LogP contribution in [0.25, 0.3) is 0 Å². The molecule has 1 atom stereocenters. The summed E-state index contributed by atoms with van der Waals surface area (Å²) in [5.41, 5.74) is 7.53. The highest BCUT2D eigenvalue weighted by Crippen LogP contribution is 2.12. The van der Waals surface area contributed by atoms with Gasteiger partial charge in [0.15, 0.2) is 0 Å². The summed E-state index contributed by atoms with van der Waals surface area (Å²) in [6.45, 7) is 6.51. The first-order chi connectivity index (χ1) is 8.97. The van der Waals surface area contributed by atoms with Gasteiger partial charge in [0.1, 0.15) is 0 Å². The van der Waals surface area contributed by atoms with Crippen molar-refractivity contribution in [3.63, 3.8) is 0 Å².